The van der Waals surface area contributed by atoms with Crippen LogP contribution in [-0.4, -0.2) is 29.4 Å². The van der Waals surface area contributed by atoms with E-state index in [1.165, 1.54) is 26.2 Å². The van der Waals surface area contributed by atoms with Crippen LogP contribution in [0.25, 0.3) is 0 Å². The van der Waals surface area contributed by atoms with E-state index in [2.05, 4.69) is 27.4 Å². The maximum atomic E-state index is 12.6. The molecule has 1 atom stereocenters. The maximum Gasteiger partial charge on any atom is 0.274 e. The van der Waals surface area contributed by atoms with Crippen molar-refractivity contribution in [3.05, 3.63) is 48.3 Å². The molecule has 1 fully saturated rings. The van der Waals surface area contributed by atoms with Crippen LogP contribution < -0.4 is 15.5 Å². The summed E-state index contributed by atoms with van der Waals surface area (Å²) < 4.78 is 0. The van der Waals surface area contributed by atoms with Crippen LogP contribution in [0.5, 0.6) is 0 Å². The molecule has 0 spiro atoms. The number of carbonyl (C=O) groups is 2. The quantitative estimate of drug-likeness (QED) is 0.837. The van der Waals surface area contributed by atoms with Crippen LogP contribution in [0.3, 0.4) is 0 Å². The molecule has 142 valence electrons. The molecule has 2 amide bonds. The Morgan fingerprint density at radius 3 is 2.48 bits per heavy atom. The Morgan fingerprint density at radius 2 is 1.81 bits per heavy atom. The van der Waals surface area contributed by atoms with Gasteiger partial charge in [-0.1, -0.05) is 6.92 Å². The Hall–Kier alpha value is -2.89. The zero-order valence-electron chi connectivity index (χ0n) is 15.9. The van der Waals surface area contributed by atoms with Gasteiger partial charge in [0.1, 0.15) is 5.69 Å². The second kappa shape index (κ2) is 8.66. The molecule has 6 heteroatoms. The number of rotatable bonds is 5. The molecule has 1 aliphatic heterocycles. The summed E-state index contributed by atoms with van der Waals surface area (Å²) in [7, 11) is 0. The average Bonchev–Trinajstić information content (AvgIpc) is 2.69. The van der Waals surface area contributed by atoms with Crippen LogP contribution in [0.15, 0.2) is 42.6 Å². The van der Waals surface area contributed by atoms with Crippen molar-refractivity contribution in [2.24, 2.45) is 0 Å². The molecular weight excluding hydrogens is 340 g/mol. The molecule has 6 nitrogen and oxygen atoms in total. The third-order valence-electron chi connectivity index (χ3n) is 4.87. The third-order valence-corrected chi connectivity index (χ3v) is 4.87. The second-order valence-electron chi connectivity index (χ2n) is 6.86. The van der Waals surface area contributed by atoms with Crippen molar-refractivity contribution < 1.29 is 9.59 Å². The molecule has 0 bridgehead atoms. The first-order valence-corrected chi connectivity index (χ1v) is 9.48. The molecule has 2 aromatic rings. The molecule has 3 rings (SSSR count). The predicted molar refractivity (Wildman–Crippen MR) is 108 cm³/mol. The smallest absolute Gasteiger partial charge is 0.274 e. The number of pyridine rings is 1. The van der Waals surface area contributed by atoms with Gasteiger partial charge in [-0.3, -0.25) is 14.6 Å². The average molecular weight is 366 g/mol. The molecular formula is C21H26N4O2. The van der Waals surface area contributed by atoms with Gasteiger partial charge in [0.2, 0.25) is 5.91 Å². The summed E-state index contributed by atoms with van der Waals surface area (Å²) in [5, 5.41) is 5.56. The Bertz CT molecular complexity index is 804. The van der Waals surface area contributed by atoms with E-state index in [1.54, 1.807) is 30.5 Å². The summed E-state index contributed by atoms with van der Waals surface area (Å²) in [6.07, 6.45) is 6.44. The first-order valence-electron chi connectivity index (χ1n) is 9.48. The lowest BCUT2D eigenvalue weighted by Crippen LogP contribution is -2.39. The predicted octanol–water partition coefficient (Wildman–Crippen LogP) is 4.06. The molecule has 1 aliphatic rings. The fraction of sp³-hybridized carbons (Fsp3) is 0.381. The van der Waals surface area contributed by atoms with Gasteiger partial charge in [-0.2, -0.15) is 0 Å². The topological polar surface area (TPSA) is 74.3 Å². The Kier molecular flexibility index (Phi) is 6.06. The van der Waals surface area contributed by atoms with E-state index < -0.39 is 0 Å². The number of hydrogen-bond acceptors (Lipinski definition) is 4. The number of piperidine rings is 1. The van der Waals surface area contributed by atoms with Gasteiger partial charge in [0, 0.05) is 42.8 Å². The summed E-state index contributed by atoms with van der Waals surface area (Å²) in [4.78, 5) is 30.3. The van der Waals surface area contributed by atoms with Gasteiger partial charge in [-0.25, -0.2) is 0 Å². The zero-order valence-corrected chi connectivity index (χ0v) is 15.9. The minimum atomic E-state index is -0.241. The van der Waals surface area contributed by atoms with Crippen molar-refractivity contribution in [2.75, 3.05) is 22.1 Å². The molecule has 1 aromatic heterocycles. The Labute approximate surface area is 160 Å². The van der Waals surface area contributed by atoms with Crippen molar-refractivity contribution in [3.8, 4) is 0 Å². The molecule has 0 aliphatic carbocycles. The highest BCUT2D eigenvalue weighted by Gasteiger charge is 2.22. The van der Waals surface area contributed by atoms with Gasteiger partial charge in [0.05, 0.1) is 0 Å². The number of nitrogens with zero attached hydrogens (tertiary/aromatic N) is 2. The van der Waals surface area contributed by atoms with Crippen molar-refractivity contribution in [1.82, 2.24) is 4.98 Å². The lowest BCUT2D eigenvalue weighted by atomic mass is 9.99. The normalized spacial score (nSPS) is 16.7. The summed E-state index contributed by atoms with van der Waals surface area (Å²) in [6.45, 7) is 4.69. The number of amides is 2. The van der Waals surface area contributed by atoms with E-state index in [9.17, 15) is 9.59 Å². The number of aromatic nitrogens is 1. The Morgan fingerprint density at radius 1 is 1.11 bits per heavy atom. The van der Waals surface area contributed by atoms with Crippen LogP contribution >= 0.6 is 0 Å². The van der Waals surface area contributed by atoms with E-state index in [4.69, 9.17) is 0 Å². The van der Waals surface area contributed by atoms with Gasteiger partial charge >= 0.3 is 0 Å². The summed E-state index contributed by atoms with van der Waals surface area (Å²) >= 11 is 0. The largest absolute Gasteiger partial charge is 0.368 e. The molecule has 2 N–H and O–H groups in total. The van der Waals surface area contributed by atoms with Gasteiger partial charge in [-0.05, 0) is 62.1 Å². The number of anilines is 3. The summed E-state index contributed by atoms with van der Waals surface area (Å²) in [5.74, 6) is -0.370. The fourth-order valence-corrected chi connectivity index (χ4v) is 3.52. The second-order valence-corrected chi connectivity index (χ2v) is 6.86. The van der Waals surface area contributed by atoms with E-state index >= 15 is 0 Å². The number of nitrogens with one attached hydrogen (secondary N) is 2. The van der Waals surface area contributed by atoms with Gasteiger partial charge in [0.25, 0.3) is 5.91 Å². The van der Waals surface area contributed by atoms with Crippen LogP contribution in [-0.2, 0) is 4.79 Å². The van der Waals surface area contributed by atoms with Gasteiger partial charge in [-0.15, -0.1) is 0 Å². The van der Waals surface area contributed by atoms with Crippen molar-refractivity contribution in [3.63, 3.8) is 0 Å². The van der Waals surface area contributed by atoms with E-state index in [-0.39, 0.29) is 11.8 Å². The first kappa shape index (κ1) is 18.9. The number of carbonyl (C=O) groups excluding carboxylic acids is 2. The minimum Gasteiger partial charge on any atom is -0.368 e. The molecule has 0 saturated carbocycles. The number of hydrogen-bond donors (Lipinski definition) is 2. The first-order chi connectivity index (χ1) is 13.1. The van der Waals surface area contributed by atoms with E-state index in [0.29, 0.717) is 23.1 Å². The van der Waals surface area contributed by atoms with Crippen LogP contribution in [0.1, 0.15) is 50.0 Å². The minimum absolute atomic E-state index is 0.129. The lowest BCUT2D eigenvalue weighted by molar-refractivity contribution is -0.114. The van der Waals surface area contributed by atoms with Crippen LogP contribution in [0.2, 0.25) is 0 Å². The molecule has 1 unspecified atom stereocenters. The highest BCUT2D eigenvalue weighted by molar-refractivity contribution is 6.03. The van der Waals surface area contributed by atoms with Crippen molar-refractivity contribution in [2.45, 2.75) is 45.6 Å². The highest BCUT2D eigenvalue weighted by Crippen LogP contribution is 2.26. The Balaban J connectivity index is 1.70. The molecule has 0 radical (unpaired) electrons. The molecule has 2 heterocycles. The van der Waals surface area contributed by atoms with Gasteiger partial charge < -0.3 is 15.5 Å². The monoisotopic (exact) mass is 366 g/mol. The van der Waals surface area contributed by atoms with Crippen LogP contribution in [0.4, 0.5) is 17.1 Å². The summed E-state index contributed by atoms with van der Waals surface area (Å²) in [5.41, 5.74) is 2.81. The maximum absolute atomic E-state index is 12.6. The van der Waals surface area contributed by atoms with Crippen LogP contribution in [0, 0.1) is 0 Å². The van der Waals surface area contributed by atoms with E-state index in [1.807, 2.05) is 12.1 Å². The SMILES string of the molecule is CCC1CCCCN1c1ccnc(C(=O)Nc2ccc(NC(C)=O)cc2)c1. The highest BCUT2D eigenvalue weighted by atomic mass is 16.2. The molecule has 1 aromatic carbocycles. The van der Waals surface area contributed by atoms with E-state index in [0.717, 1.165) is 18.7 Å². The number of benzene rings is 1. The van der Waals surface area contributed by atoms with Gasteiger partial charge in [0.15, 0.2) is 0 Å². The van der Waals surface area contributed by atoms with Crippen molar-refractivity contribution >= 4 is 28.9 Å². The fourth-order valence-electron chi connectivity index (χ4n) is 3.52. The standard InChI is InChI=1S/C21H26N4O2/c1-3-18-6-4-5-13-25(18)19-11-12-22-20(14-19)21(27)24-17-9-7-16(8-10-17)23-15(2)26/h7-12,14,18H,3-6,13H2,1-2H3,(H,23,26)(H,24,27). The summed E-state index contributed by atoms with van der Waals surface area (Å²) in [6, 6.07) is 11.4. The van der Waals surface area contributed by atoms with Crippen molar-refractivity contribution in [1.29, 1.82) is 0 Å². The molecule has 1 saturated heterocycles. The molecule has 27 heavy (non-hydrogen) atoms. The zero-order chi connectivity index (χ0) is 19.2. The third kappa shape index (κ3) is 4.84. The lowest BCUT2D eigenvalue weighted by Gasteiger charge is -2.37.